The molecule has 0 amide bonds. The third-order valence-corrected chi connectivity index (χ3v) is 2.97. The van der Waals surface area contributed by atoms with E-state index in [4.69, 9.17) is 5.11 Å². The fourth-order valence-electron chi connectivity index (χ4n) is 1.12. The molecule has 2 heterocycles. The highest BCUT2D eigenvalue weighted by molar-refractivity contribution is 7.20. The van der Waals surface area contributed by atoms with E-state index in [1.807, 2.05) is 0 Å². The number of hydrogen-bond acceptors (Lipinski definition) is 3. The third kappa shape index (κ3) is 1.06. The van der Waals surface area contributed by atoms with Gasteiger partial charge in [0, 0.05) is 7.05 Å². The van der Waals surface area contributed by atoms with Gasteiger partial charge in [-0.2, -0.15) is 0 Å². The SMILES string of the molecule is Cn1c(=O)[nH]c2cc(C(=O)O)sc21. The van der Waals surface area contributed by atoms with Crippen LogP contribution in [0.5, 0.6) is 0 Å². The Hall–Kier alpha value is -1.56. The molecule has 5 nitrogen and oxygen atoms in total. The standard InChI is InChI=1S/C7H6N2O3S/c1-9-5-3(8-7(9)12)2-4(13-5)6(10)11/h2H,1H3,(H,8,12)(H,10,11). The normalized spacial score (nSPS) is 10.8. The van der Waals surface area contributed by atoms with Gasteiger partial charge in [0.1, 0.15) is 9.71 Å². The minimum absolute atomic E-state index is 0.224. The van der Waals surface area contributed by atoms with Crippen LogP contribution in [-0.4, -0.2) is 20.6 Å². The van der Waals surface area contributed by atoms with Gasteiger partial charge in [0.2, 0.25) is 0 Å². The number of fused-ring (bicyclic) bond motifs is 1. The van der Waals surface area contributed by atoms with Gasteiger partial charge in [0.25, 0.3) is 0 Å². The second-order valence-electron chi connectivity index (χ2n) is 2.62. The second kappa shape index (κ2) is 2.46. The summed E-state index contributed by atoms with van der Waals surface area (Å²) in [5, 5.41) is 8.67. The lowest BCUT2D eigenvalue weighted by Gasteiger charge is -1.85. The molecule has 13 heavy (non-hydrogen) atoms. The topological polar surface area (TPSA) is 75.1 Å². The summed E-state index contributed by atoms with van der Waals surface area (Å²) in [5.74, 6) is -0.970. The molecule has 2 N–H and O–H groups in total. The fourth-order valence-corrected chi connectivity index (χ4v) is 2.03. The Bertz CT molecular complexity index is 533. The molecule has 0 aliphatic carbocycles. The lowest BCUT2D eigenvalue weighted by molar-refractivity contribution is 0.0702. The van der Waals surface area contributed by atoms with Gasteiger partial charge in [0.05, 0.1) is 5.52 Å². The summed E-state index contributed by atoms with van der Waals surface area (Å²) >= 11 is 1.08. The molecule has 0 bridgehead atoms. The van der Waals surface area contributed by atoms with Gasteiger partial charge in [-0.05, 0) is 6.07 Å². The Balaban J connectivity index is 2.79. The van der Waals surface area contributed by atoms with Crippen molar-refractivity contribution in [2.45, 2.75) is 0 Å². The van der Waals surface area contributed by atoms with Gasteiger partial charge in [-0.1, -0.05) is 0 Å². The zero-order chi connectivity index (χ0) is 9.59. The van der Waals surface area contributed by atoms with Crippen molar-refractivity contribution in [2.75, 3.05) is 0 Å². The maximum atomic E-state index is 11.0. The Morgan fingerprint density at radius 2 is 2.38 bits per heavy atom. The fraction of sp³-hybridized carbons (Fsp3) is 0.143. The van der Waals surface area contributed by atoms with Crippen LogP contribution in [0.15, 0.2) is 10.9 Å². The minimum atomic E-state index is -0.970. The summed E-state index contributed by atoms with van der Waals surface area (Å²) in [6.07, 6.45) is 0. The largest absolute Gasteiger partial charge is 0.477 e. The summed E-state index contributed by atoms with van der Waals surface area (Å²) in [4.78, 5) is 25.1. The molecule has 0 aromatic carbocycles. The Morgan fingerprint density at radius 3 is 2.92 bits per heavy atom. The molecule has 0 saturated carbocycles. The molecular weight excluding hydrogens is 192 g/mol. The third-order valence-electron chi connectivity index (χ3n) is 1.77. The predicted molar refractivity (Wildman–Crippen MR) is 48.4 cm³/mol. The highest BCUT2D eigenvalue weighted by atomic mass is 32.1. The summed E-state index contributed by atoms with van der Waals surface area (Å²) in [6, 6.07) is 1.46. The van der Waals surface area contributed by atoms with E-state index in [1.54, 1.807) is 7.05 Å². The maximum absolute atomic E-state index is 11.0. The minimum Gasteiger partial charge on any atom is -0.477 e. The number of nitrogens with one attached hydrogen (secondary N) is 1. The first kappa shape index (κ1) is 8.06. The summed E-state index contributed by atoms with van der Waals surface area (Å²) in [6.45, 7) is 0. The molecule has 0 spiro atoms. The molecule has 0 aliphatic rings. The van der Waals surface area contributed by atoms with E-state index in [0.717, 1.165) is 11.3 Å². The van der Waals surface area contributed by atoms with E-state index in [-0.39, 0.29) is 10.6 Å². The number of carboxylic acid groups (broad SMARTS) is 1. The van der Waals surface area contributed by atoms with Gasteiger partial charge >= 0.3 is 11.7 Å². The van der Waals surface area contributed by atoms with Crippen molar-refractivity contribution < 1.29 is 9.90 Å². The van der Waals surface area contributed by atoms with Crippen LogP contribution in [0.1, 0.15) is 9.67 Å². The number of aromatic nitrogens is 2. The van der Waals surface area contributed by atoms with Gasteiger partial charge in [-0.25, -0.2) is 9.59 Å². The van der Waals surface area contributed by atoms with E-state index in [1.165, 1.54) is 10.6 Å². The van der Waals surface area contributed by atoms with Crippen LogP contribution >= 0.6 is 11.3 Å². The first-order valence-corrected chi connectivity index (χ1v) is 4.33. The van der Waals surface area contributed by atoms with Crippen LogP contribution in [0, 0.1) is 0 Å². The van der Waals surface area contributed by atoms with Crippen LogP contribution in [0.4, 0.5) is 0 Å². The molecule has 68 valence electrons. The summed E-state index contributed by atoms with van der Waals surface area (Å²) in [7, 11) is 1.60. The zero-order valence-electron chi connectivity index (χ0n) is 6.70. The van der Waals surface area contributed by atoms with Gasteiger partial charge in [-0.15, -0.1) is 11.3 Å². The van der Waals surface area contributed by atoms with E-state index < -0.39 is 5.97 Å². The summed E-state index contributed by atoms with van der Waals surface area (Å²) < 4.78 is 1.40. The average molecular weight is 198 g/mol. The quantitative estimate of drug-likeness (QED) is 0.705. The van der Waals surface area contributed by atoms with E-state index in [0.29, 0.717) is 10.3 Å². The highest BCUT2D eigenvalue weighted by Crippen LogP contribution is 2.22. The first-order valence-electron chi connectivity index (χ1n) is 3.51. The molecule has 2 rings (SSSR count). The van der Waals surface area contributed by atoms with Crippen molar-refractivity contribution in [2.24, 2.45) is 7.05 Å². The number of hydrogen-bond donors (Lipinski definition) is 2. The molecule has 0 fully saturated rings. The van der Waals surface area contributed by atoms with Crippen molar-refractivity contribution in [1.82, 2.24) is 9.55 Å². The first-order chi connectivity index (χ1) is 6.09. The van der Waals surface area contributed by atoms with Crippen molar-refractivity contribution in [1.29, 1.82) is 0 Å². The number of thiophene rings is 1. The Labute approximate surface area is 76.2 Å². The molecule has 0 saturated heterocycles. The van der Waals surface area contributed by atoms with E-state index in [2.05, 4.69) is 4.98 Å². The number of aryl methyl sites for hydroxylation is 1. The van der Waals surface area contributed by atoms with Crippen LogP contribution in [0.25, 0.3) is 10.3 Å². The van der Waals surface area contributed by atoms with Crippen molar-refractivity contribution in [3.05, 3.63) is 21.4 Å². The lowest BCUT2D eigenvalue weighted by Crippen LogP contribution is -2.11. The van der Waals surface area contributed by atoms with E-state index >= 15 is 0 Å². The molecule has 0 aliphatic heterocycles. The number of aromatic carboxylic acids is 1. The number of carbonyl (C=O) groups is 1. The molecule has 0 atom stereocenters. The lowest BCUT2D eigenvalue weighted by atomic mass is 10.4. The van der Waals surface area contributed by atoms with Crippen LogP contribution in [-0.2, 0) is 7.05 Å². The van der Waals surface area contributed by atoms with Crippen molar-refractivity contribution >= 4 is 27.7 Å². The van der Waals surface area contributed by atoms with Gasteiger partial charge in [0.15, 0.2) is 0 Å². The Kier molecular flexibility index (Phi) is 1.53. The predicted octanol–water partition coefficient (Wildman–Crippen LogP) is 0.626. The molecule has 0 radical (unpaired) electrons. The van der Waals surface area contributed by atoms with Crippen molar-refractivity contribution in [3.63, 3.8) is 0 Å². The summed E-state index contributed by atoms with van der Waals surface area (Å²) in [5.41, 5.74) is 0.355. The smallest absolute Gasteiger partial charge is 0.346 e. The van der Waals surface area contributed by atoms with Gasteiger partial charge < -0.3 is 10.1 Å². The van der Waals surface area contributed by atoms with E-state index in [9.17, 15) is 9.59 Å². The van der Waals surface area contributed by atoms with Gasteiger partial charge in [-0.3, -0.25) is 4.57 Å². The van der Waals surface area contributed by atoms with Crippen LogP contribution < -0.4 is 5.69 Å². The van der Waals surface area contributed by atoms with Crippen LogP contribution in [0.2, 0.25) is 0 Å². The molecule has 6 heteroatoms. The number of aromatic amines is 1. The molecular formula is C7H6N2O3S. The molecule has 2 aromatic rings. The molecule has 0 unspecified atom stereocenters. The Morgan fingerprint density at radius 1 is 1.69 bits per heavy atom. The van der Waals surface area contributed by atoms with Crippen LogP contribution in [0.3, 0.4) is 0 Å². The average Bonchev–Trinajstić information content (AvgIpc) is 2.55. The number of H-pyrrole nitrogens is 1. The maximum Gasteiger partial charge on any atom is 0.346 e. The molecule has 2 aromatic heterocycles. The number of nitrogens with zero attached hydrogens (tertiary/aromatic N) is 1. The zero-order valence-corrected chi connectivity index (χ0v) is 7.51. The monoisotopic (exact) mass is 198 g/mol. The number of carboxylic acids is 1. The number of rotatable bonds is 1. The highest BCUT2D eigenvalue weighted by Gasteiger charge is 2.12. The van der Waals surface area contributed by atoms with Crippen molar-refractivity contribution in [3.8, 4) is 0 Å². The second-order valence-corrected chi connectivity index (χ2v) is 3.65. The number of imidazole rings is 1.